The fourth-order valence-corrected chi connectivity index (χ4v) is 5.18. The Labute approximate surface area is 194 Å². The second-order valence-electron chi connectivity index (χ2n) is 8.92. The first-order chi connectivity index (χ1) is 14.8. The minimum absolute atomic E-state index is 0.149. The Morgan fingerprint density at radius 2 is 1.87 bits per heavy atom. The standard InChI is InChI=1S/C25H32BrN3O2/c1-16-14-28(15-17(2)27(16)4)23-13-22-20(11-24(23)31-5)9-10-29(22)25(30)12-19-7-6-8-21(26)18(19)3/h6-8,11,13,16-17H,9-10,12,14-15H2,1-5H3. The van der Waals surface area contributed by atoms with Crippen LogP contribution in [0.5, 0.6) is 5.75 Å². The van der Waals surface area contributed by atoms with Gasteiger partial charge in [0.1, 0.15) is 5.75 Å². The van der Waals surface area contributed by atoms with Crippen LogP contribution in [-0.2, 0) is 17.6 Å². The molecular weight excluding hydrogens is 454 g/mol. The second-order valence-corrected chi connectivity index (χ2v) is 9.77. The van der Waals surface area contributed by atoms with Crippen LogP contribution in [0.4, 0.5) is 11.4 Å². The van der Waals surface area contributed by atoms with Gasteiger partial charge in [0.15, 0.2) is 0 Å². The molecule has 4 rings (SSSR count). The van der Waals surface area contributed by atoms with Gasteiger partial charge in [-0.1, -0.05) is 28.1 Å². The topological polar surface area (TPSA) is 36.0 Å². The molecule has 0 aromatic heterocycles. The molecular formula is C25H32BrN3O2. The number of ether oxygens (including phenoxy) is 1. The summed E-state index contributed by atoms with van der Waals surface area (Å²) in [6.45, 7) is 9.20. The summed E-state index contributed by atoms with van der Waals surface area (Å²) in [5, 5.41) is 0. The summed E-state index contributed by atoms with van der Waals surface area (Å²) < 4.78 is 6.82. The van der Waals surface area contributed by atoms with Crippen LogP contribution in [0.1, 0.15) is 30.5 Å². The van der Waals surface area contributed by atoms with Crippen LogP contribution in [0, 0.1) is 6.92 Å². The number of rotatable bonds is 4. The summed E-state index contributed by atoms with van der Waals surface area (Å²) in [4.78, 5) is 20.1. The molecule has 31 heavy (non-hydrogen) atoms. The zero-order chi connectivity index (χ0) is 22.3. The number of likely N-dealkylation sites (N-methyl/N-ethyl adjacent to an activating group) is 1. The van der Waals surface area contributed by atoms with Gasteiger partial charge in [-0.15, -0.1) is 0 Å². The average molecular weight is 486 g/mol. The van der Waals surface area contributed by atoms with Gasteiger partial charge in [-0.2, -0.15) is 0 Å². The van der Waals surface area contributed by atoms with Gasteiger partial charge in [0, 0.05) is 41.9 Å². The van der Waals surface area contributed by atoms with Crippen LogP contribution in [0.25, 0.3) is 0 Å². The minimum atomic E-state index is 0.149. The first-order valence-electron chi connectivity index (χ1n) is 11.0. The zero-order valence-electron chi connectivity index (χ0n) is 19.1. The van der Waals surface area contributed by atoms with E-state index in [4.69, 9.17) is 4.74 Å². The summed E-state index contributed by atoms with van der Waals surface area (Å²) in [6, 6.07) is 11.3. The molecule has 1 amide bonds. The third-order valence-corrected chi connectivity index (χ3v) is 7.86. The molecule has 166 valence electrons. The van der Waals surface area contributed by atoms with Gasteiger partial charge in [-0.05, 0) is 69.1 Å². The number of amides is 1. The van der Waals surface area contributed by atoms with Crippen LogP contribution in [0.15, 0.2) is 34.8 Å². The van der Waals surface area contributed by atoms with Gasteiger partial charge in [0.25, 0.3) is 0 Å². The van der Waals surface area contributed by atoms with E-state index >= 15 is 0 Å². The van der Waals surface area contributed by atoms with Crippen molar-refractivity contribution >= 4 is 33.2 Å². The van der Waals surface area contributed by atoms with Gasteiger partial charge in [0.2, 0.25) is 5.91 Å². The Balaban J connectivity index is 1.63. The van der Waals surface area contributed by atoms with Crippen molar-refractivity contribution in [3.63, 3.8) is 0 Å². The van der Waals surface area contributed by atoms with Crippen molar-refractivity contribution in [3.05, 3.63) is 51.5 Å². The number of halogens is 1. The Morgan fingerprint density at radius 3 is 2.55 bits per heavy atom. The van der Waals surface area contributed by atoms with Crippen LogP contribution in [-0.4, -0.2) is 56.7 Å². The number of hydrogen-bond acceptors (Lipinski definition) is 4. The van der Waals surface area contributed by atoms with Crippen molar-refractivity contribution in [3.8, 4) is 5.75 Å². The quantitative estimate of drug-likeness (QED) is 0.641. The second kappa shape index (κ2) is 8.83. The van der Waals surface area contributed by atoms with Crippen LogP contribution in [0.2, 0.25) is 0 Å². The Kier molecular flexibility index (Phi) is 6.31. The molecule has 0 N–H and O–H groups in total. The van der Waals surface area contributed by atoms with Crippen LogP contribution < -0.4 is 14.5 Å². The maximum Gasteiger partial charge on any atom is 0.231 e. The lowest BCUT2D eigenvalue weighted by molar-refractivity contribution is -0.117. The van der Waals surface area contributed by atoms with Crippen molar-refractivity contribution < 1.29 is 9.53 Å². The van der Waals surface area contributed by atoms with E-state index in [1.165, 1.54) is 5.56 Å². The Hall–Kier alpha value is -2.05. The lowest BCUT2D eigenvalue weighted by Crippen LogP contribution is -2.55. The number of methoxy groups -OCH3 is 1. The van der Waals surface area contributed by atoms with E-state index in [1.807, 2.05) is 23.1 Å². The van der Waals surface area contributed by atoms with E-state index in [2.05, 4.69) is 65.7 Å². The number of nitrogens with zero attached hydrogens (tertiary/aromatic N) is 3. The highest BCUT2D eigenvalue weighted by atomic mass is 79.9. The van der Waals surface area contributed by atoms with Crippen molar-refractivity contribution in [2.24, 2.45) is 0 Å². The molecule has 0 bridgehead atoms. The molecule has 2 heterocycles. The highest BCUT2D eigenvalue weighted by Crippen LogP contribution is 2.40. The van der Waals surface area contributed by atoms with Gasteiger partial charge >= 0.3 is 0 Å². The van der Waals surface area contributed by atoms with E-state index in [1.54, 1.807) is 7.11 Å². The molecule has 2 atom stereocenters. The van der Waals surface area contributed by atoms with E-state index in [0.29, 0.717) is 18.5 Å². The highest BCUT2D eigenvalue weighted by molar-refractivity contribution is 9.10. The molecule has 1 fully saturated rings. The van der Waals surface area contributed by atoms with Crippen molar-refractivity contribution in [2.75, 3.05) is 43.6 Å². The van der Waals surface area contributed by atoms with E-state index < -0.39 is 0 Å². The van der Waals surface area contributed by atoms with E-state index in [-0.39, 0.29) is 5.91 Å². The molecule has 5 nitrogen and oxygen atoms in total. The maximum absolute atomic E-state index is 13.3. The molecule has 2 aliphatic heterocycles. The number of piperazine rings is 1. The molecule has 2 aliphatic rings. The van der Waals surface area contributed by atoms with E-state index in [0.717, 1.165) is 58.8 Å². The summed E-state index contributed by atoms with van der Waals surface area (Å²) in [7, 11) is 3.93. The lowest BCUT2D eigenvalue weighted by atomic mass is 10.0. The maximum atomic E-state index is 13.3. The summed E-state index contributed by atoms with van der Waals surface area (Å²) in [6.07, 6.45) is 1.28. The number of anilines is 2. The van der Waals surface area contributed by atoms with Gasteiger partial charge < -0.3 is 14.5 Å². The first-order valence-corrected chi connectivity index (χ1v) is 11.8. The predicted octanol–water partition coefficient (Wildman–Crippen LogP) is 4.43. The molecule has 0 radical (unpaired) electrons. The highest BCUT2D eigenvalue weighted by Gasteiger charge is 2.31. The molecule has 2 unspecified atom stereocenters. The molecule has 0 aliphatic carbocycles. The Bertz CT molecular complexity index is 981. The number of benzene rings is 2. The predicted molar refractivity (Wildman–Crippen MR) is 131 cm³/mol. The number of fused-ring (bicyclic) bond motifs is 1. The number of carbonyl (C=O) groups is 1. The minimum Gasteiger partial charge on any atom is -0.495 e. The van der Waals surface area contributed by atoms with Gasteiger partial charge in [-0.25, -0.2) is 0 Å². The van der Waals surface area contributed by atoms with Crippen molar-refractivity contribution in [1.82, 2.24) is 4.90 Å². The van der Waals surface area contributed by atoms with Gasteiger partial charge in [0.05, 0.1) is 19.2 Å². The SMILES string of the molecule is COc1cc2c(cc1N1CC(C)N(C)C(C)C1)N(C(=O)Cc1cccc(Br)c1C)CC2. The van der Waals surface area contributed by atoms with E-state index in [9.17, 15) is 4.79 Å². The fraction of sp³-hybridized carbons (Fsp3) is 0.480. The number of hydrogen-bond donors (Lipinski definition) is 0. The fourth-order valence-electron chi connectivity index (χ4n) is 4.78. The third kappa shape index (κ3) is 4.20. The summed E-state index contributed by atoms with van der Waals surface area (Å²) in [5.41, 5.74) is 5.52. The molecule has 6 heteroatoms. The zero-order valence-corrected chi connectivity index (χ0v) is 20.7. The number of carbonyl (C=O) groups excluding carboxylic acids is 1. The molecule has 1 saturated heterocycles. The van der Waals surface area contributed by atoms with Crippen LogP contribution >= 0.6 is 15.9 Å². The Morgan fingerprint density at radius 1 is 1.16 bits per heavy atom. The largest absolute Gasteiger partial charge is 0.495 e. The smallest absolute Gasteiger partial charge is 0.231 e. The van der Waals surface area contributed by atoms with Gasteiger partial charge in [-0.3, -0.25) is 9.69 Å². The normalized spacial score (nSPS) is 21.4. The lowest BCUT2D eigenvalue weighted by Gasteiger charge is -2.44. The summed E-state index contributed by atoms with van der Waals surface area (Å²) >= 11 is 3.58. The van der Waals surface area contributed by atoms with Crippen molar-refractivity contribution in [1.29, 1.82) is 0 Å². The molecule has 0 saturated carbocycles. The molecule has 2 aromatic rings. The monoisotopic (exact) mass is 485 g/mol. The van der Waals surface area contributed by atoms with Crippen molar-refractivity contribution in [2.45, 2.75) is 45.7 Å². The average Bonchev–Trinajstić information content (AvgIpc) is 3.17. The molecule has 0 spiro atoms. The van der Waals surface area contributed by atoms with Crippen LogP contribution in [0.3, 0.4) is 0 Å². The molecule has 2 aromatic carbocycles. The summed E-state index contributed by atoms with van der Waals surface area (Å²) in [5.74, 6) is 1.05. The third-order valence-electron chi connectivity index (χ3n) is 7.00. The first kappa shape index (κ1) is 22.2.